The Morgan fingerprint density at radius 2 is 1.47 bits per heavy atom. The van der Waals surface area contributed by atoms with Crippen molar-refractivity contribution < 1.29 is 50.9 Å². The Labute approximate surface area is 147 Å². The molecule has 2 aromatic carbocycles. The van der Waals surface area contributed by atoms with E-state index >= 15 is 0 Å². The first-order chi connectivity index (χ1) is 6.68. The Hall–Kier alpha value is 0.899. The van der Waals surface area contributed by atoms with E-state index in [-0.39, 0.29) is 57.0 Å². The Balaban J connectivity index is 0. The number of hydrogen-bond acceptors (Lipinski definition) is 1. The van der Waals surface area contributed by atoms with Crippen molar-refractivity contribution in [2.45, 2.75) is 13.0 Å². The Morgan fingerprint density at radius 1 is 1.00 bits per heavy atom. The zero-order valence-corrected chi connectivity index (χ0v) is 16.9. The van der Waals surface area contributed by atoms with Crippen LogP contribution in [0.15, 0.2) is 36.4 Å². The molecule has 0 saturated carbocycles. The van der Waals surface area contributed by atoms with E-state index in [4.69, 9.17) is 5.73 Å². The van der Waals surface area contributed by atoms with E-state index in [0.29, 0.717) is 0 Å². The van der Waals surface area contributed by atoms with Crippen molar-refractivity contribution in [2.75, 3.05) is 0 Å². The van der Waals surface area contributed by atoms with Gasteiger partial charge in [-0.1, -0.05) is 0 Å². The molecule has 2 rings (SSSR count). The van der Waals surface area contributed by atoms with Crippen molar-refractivity contribution in [2.24, 2.45) is 5.73 Å². The van der Waals surface area contributed by atoms with Gasteiger partial charge in [-0.05, 0) is 0 Å². The number of benzene rings is 2. The van der Waals surface area contributed by atoms with Crippen LogP contribution in [0, 0.1) is 0 Å². The van der Waals surface area contributed by atoms with Crippen molar-refractivity contribution in [1.82, 2.24) is 0 Å². The molecule has 0 spiro atoms. The molecule has 0 aliphatic carbocycles. The molecule has 1 atom stereocenters. The summed E-state index contributed by atoms with van der Waals surface area (Å²) in [4.78, 5) is 0. The predicted molar refractivity (Wildman–Crippen MR) is 61.9 cm³/mol. The molecular formula is C12H12Br3NSn. The van der Waals surface area contributed by atoms with Crippen LogP contribution >= 0.6 is 0 Å². The van der Waals surface area contributed by atoms with E-state index in [1.807, 2.05) is 6.92 Å². The van der Waals surface area contributed by atoms with E-state index in [1.54, 1.807) is 0 Å². The molecule has 0 radical (unpaired) electrons. The second-order valence-corrected chi connectivity index (χ2v) is 5.11. The van der Waals surface area contributed by atoms with E-state index in [1.165, 1.54) is 42.4 Å². The average molecular weight is 529 g/mol. The molecule has 2 aromatic rings. The van der Waals surface area contributed by atoms with Crippen molar-refractivity contribution in [3.05, 3.63) is 42.0 Å². The van der Waals surface area contributed by atoms with E-state index in [2.05, 4.69) is 36.4 Å². The van der Waals surface area contributed by atoms with Gasteiger partial charge >= 0.3 is 97.5 Å². The summed E-state index contributed by atoms with van der Waals surface area (Å²) in [7, 11) is 0. The number of fused-ring (bicyclic) bond motifs is 1. The molecule has 0 saturated heterocycles. The third kappa shape index (κ3) is 4.82. The van der Waals surface area contributed by atoms with E-state index in [0.717, 1.165) is 0 Å². The van der Waals surface area contributed by atoms with Gasteiger partial charge in [0.15, 0.2) is 0 Å². The fourth-order valence-electron chi connectivity index (χ4n) is 1.63. The maximum atomic E-state index is 5.92. The Kier molecular flexibility index (Phi) is 10.6. The third-order valence-corrected chi connectivity index (χ3v) is 3.64. The number of rotatable bonds is 1. The summed E-state index contributed by atoms with van der Waals surface area (Å²) in [6.07, 6.45) is 0. The zero-order chi connectivity index (χ0) is 10.1. The predicted octanol–water partition coefficient (Wildman–Crippen LogP) is -7.33. The van der Waals surface area contributed by atoms with Crippen LogP contribution < -0.4 is 60.3 Å². The first-order valence-corrected chi connectivity index (χ1v) is 6.11. The molecule has 0 aliphatic heterocycles. The normalized spacial score (nSPS) is 10.8. The van der Waals surface area contributed by atoms with Crippen LogP contribution in [0.2, 0.25) is 0 Å². The van der Waals surface area contributed by atoms with Crippen LogP contribution in [0.4, 0.5) is 0 Å². The second-order valence-electron chi connectivity index (χ2n) is 3.58. The summed E-state index contributed by atoms with van der Waals surface area (Å²) in [5, 5.41) is 2.59. The Morgan fingerprint density at radius 3 is 1.94 bits per heavy atom. The maximum Gasteiger partial charge on any atom is -1.00 e. The van der Waals surface area contributed by atoms with Gasteiger partial charge in [-0.3, -0.25) is 0 Å². The first-order valence-electron chi connectivity index (χ1n) is 4.68. The quantitative estimate of drug-likeness (QED) is 0.366. The molecule has 1 unspecified atom stereocenters. The van der Waals surface area contributed by atoms with Gasteiger partial charge in [0.25, 0.3) is 0 Å². The van der Waals surface area contributed by atoms with E-state index < -0.39 is 0 Å². The van der Waals surface area contributed by atoms with Crippen molar-refractivity contribution >= 4 is 36.9 Å². The fourth-order valence-corrected chi connectivity index (χ4v) is 2.93. The molecule has 0 bridgehead atoms. The largest absolute Gasteiger partial charge is 1.00 e. The summed E-state index contributed by atoms with van der Waals surface area (Å²) in [6, 6.07) is 13.0. The second kappa shape index (κ2) is 8.91. The van der Waals surface area contributed by atoms with Gasteiger partial charge in [0.1, 0.15) is 0 Å². The minimum absolute atomic E-state index is 0. The van der Waals surface area contributed by atoms with Gasteiger partial charge in [0.05, 0.1) is 0 Å². The van der Waals surface area contributed by atoms with Crippen molar-refractivity contribution in [1.29, 1.82) is 0 Å². The van der Waals surface area contributed by atoms with Gasteiger partial charge in [0, 0.05) is 0 Å². The summed E-state index contributed by atoms with van der Waals surface area (Å²) in [6.45, 7) is 2.04. The first kappa shape index (κ1) is 20.2. The molecular weight excluding hydrogens is 517 g/mol. The molecule has 0 amide bonds. The van der Waals surface area contributed by atoms with Crippen LogP contribution in [0.3, 0.4) is 0 Å². The van der Waals surface area contributed by atoms with Gasteiger partial charge in [-0.25, -0.2) is 0 Å². The number of nitrogens with two attached hydrogens (primary N) is 1. The molecule has 0 aliphatic rings. The average Bonchev–Trinajstić information content (AvgIpc) is 2.16. The van der Waals surface area contributed by atoms with Gasteiger partial charge < -0.3 is 50.9 Å². The number of hydrogen-bond donors (Lipinski definition) is 1. The molecule has 5 heteroatoms. The number of halogens is 3. The van der Waals surface area contributed by atoms with Crippen LogP contribution in [-0.4, -0.2) is 22.5 Å². The van der Waals surface area contributed by atoms with E-state index in [9.17, 15) is 0 Å². The minimum Gasteiger partial charge on any atom is -1.00 e. The van der Waals surface area contributed by atoms with Crippen LogP contribution in [0.1, 0.15) is 18.5 Å². The topological polar surface area (TPSA) is 26.0 Å². The van der Waals surface area contributed by atoms with Gasteiger partial charge in [-0.2, -0.15) is 0 Å². The van der Waals surface area contributed by atoms with Crippen LogP contribution in [0.25, 0.3) is 10.8 Å². The zero-order valence-electron chi connectivity index (χ0n) is 9.25. The molecule has 0 fully saturated rings. The summed E-state index contributed by atoms with van der Waals surface area (Å²) in [5.74, 6) is 0. The SMILES string of the molecule is CC(N)c1cc2ccccc2c[c]1[Sn+3].[Br-].[Br-].[Br-]. The smallest absolute Gasteiger partial charge is 1.00 e. The Bertz CT molecular complexity index is 474. The molecule has 0 heterocycles. The monoisotopic (exact) mass is 527 g/mol. The standard InChI is InChI=1S/C12H12N.3BrH.Sn/c1-9(13)11-7-6-10-4-2-3-5-12(10)8-11;;;;/h2-6,8-9H,13H2,1H3;3*1H;/q;;;;+3/p-3. The van der Waals surface area contributed by atoms with Crippen molar-refractivity contribution in [3.63, 3.8) is 0 Å². The van der Waals surface area contributed by atoms with Crippen LogP contribution in [-0.2, 0) is 0 Å². The van der Waals surface area contributed by atoms with Gasteiger partial charge in [0.2, 0.25) is 0 Å². The third-order valence-electron chi connectivity index (χ3n) is 2.41. The fraction of sp³-hybridized carbons (Fsp3) is 0.167. The molecule has 17 heavy (non-hydrogen) atoms. The van der Waals surface area contributed by atoms with Crippen LogP contribution in [0.5, 0.6) is 0 Å². The molecule has 90 valence electrons. The van der Waals surface area contributed by atoms with Gasteiger partial charge in [-0.15, -0.1) is 0 Å². The summed E-state index contributed by atoms with van der Waals surface area (Å²) < 4.78 is 1.37. The molecule has 1 nitrogen and oxygen atoms in total. The summed E-state index contributed by atoms with van der Waals surface area (Å²) >= 11 is 1.43. The summed E-state index contributed by atoms with van der Waals surface area (Å²) in [5.41, 5.74) is 7.20. The minimum atomic E-state index is 0. The van der Waals surface area contributed by atoms with Crippen molar-refractivity contribution in [3.8, 4) is 0 Å². The molecule has 0 aromatic heterocycles. The molecule has 2 N–H and O–H groups in total. The maximum absolute atomic E-state index is 5.92.